The largest absolute Gasteiger partial charge is 0.433 e. The Hall–Kier alpha value is -2.97. The number of nitrogens with zero attached hydrogens (tertiary/aromatic N) is 3. The van der Waals surface area contributed by atoms with Gasteiger partial charge in [0.25, 0.3) is 0 Å². The molecule has 0 unspecified atom stereocenters. The molecule has 2 heterocycles. The fourth-order valence-electron chi connectivity index (χ4n) is 2.20. The summed E-state index contributed by atoms with van der Waals surface area (Å²) >= 11 is 0. The lowest BCUT2D eigenvalue weighted by molar-refractivity contribution is -0.141. The number of rotatable bonds is 2. The molecule has 0 radical (unpaired) electrons. The Bertz CT molecular complexity index is 903. The van der Waals surface area contributed by atoms with Gasteiger partial charge in [-0.15, -0.1) is 0 Å². The van der Waals surface area contributed by atoms with Crippen LogP contribution >= 0.6 is 0 Å². The number of alkyl halides is 6. The fourth-order valence-corrected chi connectivity index (χ4v) is 2.20. The molecule has 0 aliphatic rings. The van der Waals surface area contributed by atoms with E-state index >= 15 is 0 Å². The van der Waals surface area contributed by atoms with Crippen molar-refractivity contribution in [3.63, 3.8) is 0 Å². The summed E-state index contributed by atoms with van der Waals surface area (Å²) in [5.41, 5.74) is -1.80. The van der Waals surface area contributed by atoms with Crippen molar-refractivity contribution in [2.45, 2.75) is 12.4 Å². The molecule has 0 fully saturated rings. The van der Waals surface area contributed by atoms with Gasteiger partial charge in [-0.2, -0.15) is 26.3 Å². The fraction of sp³-hybridized carbons (Fsp3) is 0.118. The molecule has 0 atom stereocenters. The van der Waals surface area contributed by atoms with Gasteiger partial charge < -0.3 is 0 Å². The maximum Gasteiger partial charge on any atom is 0.433 e. The molecule has 134 valence electrons. The van der Waals surface area contributed by atoms with Crippen LogP contribution in [0.5, 0.6) is 0 Å². The molecule has 0 saturated heterocycles. The van der Waals surface area contributed by atoms with Gasteiger partial charge in [-0.3, -0.25) is 4.98 Å². The first-order valence-corrected chi connectivity index (χ1v) is 7.19. The number of benzene rings is 1. The van der Waals surface area contributed by atoms with Crippen LogP contribution < -0.4 is 0 Å². The van der Waals surface area contributed by atoms with Crippen molar-refractivity contribution in [3.05, 3.63) is 66.1 Å². The SMILES string of the molecule is FC(F)(F)c1ccc(-c2cc(C(F)(F)F)nc(-c3ccncc3)n2)cc1. The topological polar surface area (TPSA) is 38.7 Å². The first kappa shape index (κ1) is 17.8. The average molecular weight is 369 g/mol. The summed E-state index contributed by atoms with van der Waals surface area (Å²) < 4.78 is 77.4. The van der Waals surface area contributed by atoms with Crippen LogP contribution in [0.4, 0.5) is 26.3 Å². The summed E-state index contributed by atoms with van der Waals surface area (Å²) in [5.74, 6) is -0.197. The normalized spacial score (nSPS) is 12.2. The third-order valence-corrected chi connectivity index (χ3v) is 3.46. The minimum absolute atomic E-state index is 0.112. The van der Waals surface area contributed by atoms with Gasteiger partial charge >= 0.3 is 12.4 Å². The second kappa shape index (κ2) is 6.40. The van der Waals surface area contributed by atoms with E-state index in [1.807, 2.05) is 0 Å². The van der Waals surface area contributed by atoms with Gasteiger partial charge in [-0.25, -0.2) is 9.97 Å². The Balaban J connectivity index is 2.12. The highest BCUT2D eigenvalue weighted by Crippen LogP contribution is 2.34. The summed E-state index contributed by atoms with van der Waals surface area (Å²) in [4.78, 5) is 11.3. The molecule has 3 aromatic rings. The van der Waals surface area contributed by atoms with E-state index in [4.69, 9.17) is 0 Å². The molecule has 0 saturated carbocycles. The average Bonchev–Trinajstić information content (AvgIpc) is 2.61. The zero-order chi connectivity index (χ0) is 18.9. The van der Waals surface area contributed by atoms with Crippen LogP contribution in [0.3, 0.4) is 0 Å². The number of aromatic nitrogens is 3. The Morgan fingerprint density at radius 1 is 0.654 bits per heavy atom. The van der Waals surface area contributed by atoms with Crippen LogP contribution in [0, 0.1) is 0 Å². The van der Waals surface area contributed by atoms with Crippen LogP contribution in [0.2, 0.25) is 0 Å². The lowest BCUT2D eigenvalue weighted by Crippen LogP contribution is -2.10. The molecule has 9 heteroatoms. The van der Waals surface area contributed by atoms with E-state index < -0.39 is 23.6 Å². The molecule has 0 N–H and O–H groups in total. The Kier molecular flexibility index (Phi) is 4.39. The predicted octanol–water partition coefficient (Wildman–Crippen LogP) is 5.24. The zero-order valence-electron chi connectivity index (χ0n) is 12.8. The quantitative estimate of drug-likeness (QED) is 0.580. The Labute approximate surface area is 143 Å². The van der Waals surface area contributed by atoms with Gasteiger partial charge in [-0.05, 0) is 30.3 Å². The highest BCUT2D eigenvalue weighted by molar-refractivity contribution is 5.64. The first-order valence-electron chi connectivity index (χ1n) is 7.19. The van der Waals surface area contributed by atoms with E-state index in [1.54, 1.807) is 0 Å². The van der Waals surface area contributed by atoms with Crippen molar-refractivity contribution >= 4 is 0 Å². The molecule has 0 aliphatic carbocycles. The van der Waals surface area contributed by atoms with Gasteiger partial charge in [0.15, 0.2) is 5.82 Å². The smallest absolute Gasteiger partial charge is 0.265 e. The Morgan fingerprint density at radius 2 is 1.27 bits per heavy atom. The minimum atomic E-state index is -4.73. The second-order valence-electron chi connectivity index (χ2n) is 5.27. The maximum absolute atomic E-state index is 13.1. The molecule has 3 rings (SSSR count). The van der Waals surface area contributed by atoms with Crippen LogP contribution in [0.1, 0.15) is 11.3 Å². The Morgan fingerprint density at radius 3 is 1.81 bits per heavy atom. The molecule has 0 spiro atoms. The van der Waals surface area contributed by atoms with Crippen LogP contribution in [-0.2, 0) is 12.4 Å². The van der Waals surface area contributed by atoms with Gasteiger partial charge in [0.1, 0.15) is 5.69 Å². The number of hydrogen-bond donors (Lipinski definition) is 0. The summed E-state index contributed by atoms with van der Waals surface area (Å²) in [6.07, 6.45) is -6.53. The van der Waals surface area contributed by atoms with E-state index in [1.165, 1.54) is 24.5 Å². The van der Waals surface area contributed by atoms with E-state index in [9.17, 15) is 26.3 Å². The van der Waals surface area contributed by atoms with E-state index in [0.717, 1.165) is 24.3 Å². The molecule has 2 aromatic heterocycles. The lowest BCUT2D eigenvalue weighted by Gasteiger charge is -2.12. The van der Waals surface area contributed by atoms with E-state index in [0.29, 0.717) is 11.6 Å². The van der Waals surface area contributed by atoms with Crippen molar-refractivity contribution in [3.8, 4) is 22.6 Å². The standard InChI is InChI=1S/C17H9F6N3/c18-16(19,20)12-3-1-10(2-4-12)13-9-14(17(21,22)23)26-15(25-13)11-5-7-24-8-6-11/h1-9H. The number of hydrogen-bond acceptors (Lipinski definition) is 3. The van der Waals surface area contributed by atoms with Crippen molar-refractivity contribution in [2.75, 3.05) is 0 Å². The van der Waals surface area contributed by atoms with Crippen molar-refractivity contribution in [2.24, 2.45) is 0 Å². The molecular formula is C17H9F6N3. The zero-order valence-corrected chi connectivity index (χ0v) is 12.8. The van der Waals surface area contributed by atoms with Crippen molar-refractivity contribution < 1.29 is 26.3 Å². The van der Waals surface area contributed by atoms with Crippen LogP contribution in [0.25, 0.3) is 22.6 Å². The van der Waals surface area contributed by atoms with Crippen molar-refractivity contribution in [1.82, 2.24) is 15.0 Å². The number of halogens is 6. The molecule has 3 nitrogen and oxygen atoms in total. The predicted molar refractivity (Wildman–Crippen MR) is 80.7 cm³/mol. The van der Waals surface area contributed by atoms with Crippen LogP contribution in [0.15, 0.2) is 54.9 Å². The summed E-state index contributed by atoms with van der Waals surface area (Å²) in [7, 11) is 0. The molecule has 0 bridgehead atoms. The maximum atomic E-state index is 13.1. The van der Waals surface area contributed by atoms with Crippen molar-refractivity contribution in [1.29, 1.82) is 0 Å². The van der Waals surface area contributed by atoms with Gasteiger partial charge in [0, 0.05) is 23.5 Å². The van der Waals surface area contributed by atoms with Gasteiger partial charge in [0.05, 0.1) is 11.3 Å². The van der Waals surface area contributed by atoms with Crippen LogP contribution in [-0.4, -0.2) is 15.0 Å². The molecular weight excluding hydrogens is 360 g/mol. The monoisotopic (exact) mass is 369 g/mol. The van der Waals surface area contributed by atoms with E-state index in [2.05, 4.69) is 15.0 Å². The summed E-state index contributed by atoms with van der Waals surface area (Å²) in [5, 5.41) is 0. The first-order chi connectivity index (χ1) is 12.1. The third kappa shape index (κ3) is 3.81. The van der Waals surface area contributed by atoms with E-state index in [-0.39, 0.29) is 17.1 Å². The minimum Gasteiger partial charge on any atom is -0.265 e. The number of pyridine rings is 1. The molecule has 0 aliphatic heterocycles. The van der Waals surface area contributed by atoms with Gasteiger partial charge in [0.2, 0.25) is 0 Å². The highest BCUT2D eigenvalue weighted by atomic mass is 19.4. The molecule has 0 amide bonds. The lowest BCUT2D eigenvalue weighted by atomic mass is 10.1. The summed E-state index contributed by atoms with van der Waals surface area (Å²) in [6.45, 7) is 0. The highest BCUT2D eigenvalue weighted by Gasteiger charge is 2.34. The second-order valence-corrected chi connectivity index (χ2v) is 5.27. The third-order valence-electron chi connectivity index (χ3n) is 3.46. The summed E-state index contributed by atoms with van der Waals surface area (Å²) in [6, 6.07) is 7.29. The molecule has 26 heavy (non-hydrogen) atoms. The molecule has 1 aromatic carbocycles. The van der Waals surface area contributed by atoms with Gasteiger partial charge in [-0.1, -0.05) is 12.1 Å².